The predicted molar refractivity (Wildman–Crippen MR) is 66.5 cm³/mol. The smallest absolute Gasteiger partial charge is 0.330 e. The Kier molecular flexibility index (Phi) is 4.28. The predicted octanol–water partition coefficient (Wildman–Crippen LogP) is 0.695. The van der Waals surface area contributed by atoms with E-state index in [1.165, 1.54) is 0 Å². The number of carboxylic acids is 1. The van der Waals surface area contributed by atoms with E-state index in [0.29, 0.717) is 11.4 Å². The average Bonchev–Trinajstić information content (AvgIpc) is 2.96. The third-order valence-corrected chi connectivity index (χ3v) is 2.47. The molecule has 20 heavy (non-hydrogen) atoms. The lowest BCUT2D eigenvalue weighted by Gasteiger charge is -2.14. The second kappa shape index (κ2) is 6.32. The van der Waals surface area contributed by atoms with Crippen LogP contribution in [0.25, 0.3) is 0 Å². The summed E-state index contributed by atoms with van der Waals surface area (Å²) in [7, 11) is 0. The Labute approximate surface area is 113 Å². The van der Waals surface area contributed by atoms with Crippen molar-refractivity contribution in [3.63, 3.8) is 0 Å². The highest BCUT2D eigenvalue weighted by Crippen LogP contribution is 2.12. The molecule has 0 aliphatic heterocycles. The van der Waals surface area contributed by atoms with Gasteiger partial charge in [-0.1, -0.05) is 35.5 Å². The number of hydrogen-bond donors (Lipinski definition) is 3. The molecule has 3 N–H and O–H groups in total. The van der Waals surface area contributed by atoms with Crippen molar-refractivity contribution in [2.75, 3.05) is 0 Å². The van der Waals surface area contributed by atoms with Gasteiger partial charge in [0.2, 0.25) is 6.39 Å². The summed E-state index contributed by atoms with van der Waals surface area (Å²) in [5.74, 6) is -0.849. The van der Waals surface area contributed by atoms with E-state index in [1.54, 1.807) is 30.3 Å². The molecular formula is C12H12N4O4. The Hall–Kier alpha value is -2.90. The van der Waals surface area contributed by atoms with Crippen molar-refractivity contribution in [1.82, 2.24) is 20.8 Å². The first kappa shape index (κ1) is 13.5. The van der Waals surface area contributed by atoms with Crippen molar-refractivity contribution in [2.24, 2.45) is 0 Å². The summed E-state index contributed by atoms with van der Waals surface area (Å²) in [6.45, 7) is 0.0451. The molecule has 104 valence electrons. The van der Waals surface area contributed by atoms with Crippen LogP contribution in [0.4, 0.5) is 4.79 Å². The van der Waals surface area contributed by atoms with Crippen molar-refractivity contribution in [2.45, 2.75) is 12.6 Å². The fourth-order valence-electron chi connectivity index (χ4n) is 1.54. The first-order valence-corrected chi connectivity index (χ1v) is 5.74. The first-order valence-electron chi connectivity index (χ1n) is 5.74. The van der Waals surface area contributed by atoms with Crippen molar-refractivity contribution in [3.8, 4) is 0 Å². The van der Waals surface area contributed by atoms with Gasteiger partial charge in [0, 0.05) is 0 Å². The molecule has 1 aromatic carbocycles. The molecule has 2 rings (SSSR count). The maximum atomic E-state index is 11.7. The zero-order valence-electron chi connectivity index (χ0n) is 10.3. The van der Waals surface area contributed by atoms with E-state index in [0.717, 1.165) is 6.39 Å². The van der Waals surface area contributed by atoms with Crippen LogP contribution in [0.15, 0.2) is 41.2 Å². The van der Waals surface area contributed by atoms with Gasteiger partial charge in [-0.15, -0.1) is 0 Å². The molecule has 1 atom stereocenters. The highest BCUT2D eigenvalue weighted by atomic mass is 16.5. The Morgan fingerprint density at radius 2 is 2.05 bits per heavy atom. The molecular weight excluding hydrogens is 264 g/mol. The Balaban J connectivity index is 1.95. The van der Waals surface area contributed by atoms with E-state index in [-0.39, 0.29) is 6.54 Å². The van der Waals surface area contributed by atoms with Crippen molar-refractivity contribution in [3.05, 3.63) is 48.1 Å². The molecule has 1 aromatic heterocycles. The quantitative estimate of drug-likeness (QED) is 0.739. The minimum atomic E-state index is -1.15. The van der Waals surface area contributed by atoms with E-state index in [1.807, 2.05) is 0 Å². The van der Waals surface area contributed by atoms with Crippen LogP contribution in [0, 0.1) is 0 Å². The second-order valence-corrected chi connectivity index (χ2v) is 3.86. The molecule has 2 amide bonds. The van der Waals surface area contributed by atoms with E-state index < -0.39 is 18.0 Å². The number of rotatable bonds is 5. The molecule has 0 unspecified atom stereocenters. The number of carboxylic acid groups (broad SMARTS) is 1. The zero-order valence-corrected chi connectivity index (χ0v) is 10.3. The van der Waals surface area contributed by atoms with Gasteiger partial charge >= 0.3 is 12.0 Å². The highest BCUT2D eigenvalue weighted by molar-refractivity contribution is 5.83. The SMILES string of the molecule is O=C(NCc1ncon1)N[C@@H](C(=O)O)c1ccccc1. The van der Waals surface area contributed by atoms with Gasteiger partial charge in [0.1, 0.15) is 0 Å². The van der Waals surface area contributed by atoms with Gasteiger partial charge in [0.25, 0.3) is 0 Å². The fraction of sp³-hybridized carbons (Fsp3) is 0.167. The molecule has 0 spiro atoms. The first-order chi connectivity index (χ1) is 9.66. The maximum absolute atomic E-state index is 11.7. The summed E-state index contributed by atoms with van der Waals surface area (Å²) in [6, 6.07) is 6.65. The monoisotopic (exact) mass is 276 g/mol. The number of aromatic nitrogens is 2. The molecule has 1 heterocycles. The summed E-state index contributed by atoms with van der Waals surface area (Å²) in [5.41, 5.74) is 0.481. The number of amides is 2. The average molecular weight is 276 g/mol. The topological polar surface area (TPSA) is 117 Å². The third kappa shape index (κ3) is 3.55. The van der Waals surface area contributed by atoms with Gasteiger partial charge in [-0.2, -0.15) is 4.98 Å². The summed E-state index contributed by atoms with van der Waals surface area (Å²) < 4.78 is 4.51. The Morgan fingerprint density at radius 3 is 2.65 bits per heavy atom. The van der Waals surface area contributed by atoms with Crippen LogP contribution in [-0.2, 0) is 11.3 Å². The summed E-state index contributed by atoms with van der Waals surface area (Å²) >= 11 is 0. The number of benzene rings is 1. The summed E-state index contributed by atoms with van der Waals surface area (Å²) in [6.07, 6.45) is 1.14. The second-order valence-electron chi connectivity index (χ2n) is 3.86. The van der Waals surface area contributed by atoms with Crippen molar-refractivity contribution < 1.29 is 19.2 Å². The van der Waals surface area contributed by atoms with Crippen LogP contribution in [0.2, 0.25) is 0 Å². The third-order valence-electron chi connectivity index (χ3n) is 2.47. The normalized spacial score (nSPS) is 11.6. The summed E-state index contributed by atoms with van der Waals surface area (Å²) in [5, 5.41) is 17.5. The Morgan fingerprint density at radius 1 is 1.30 bits per heavy atom. The van der Waals surface area contributed by atoms with Gasteiger partial charge in [-0.3, -0.25) is 0 Å². The van der Waals surface area contributed by atoms with Gasteiger partial charge in [0.05, 0.1) is 6.54 Å². The highest BCUT2D eigenvalue weighted by Gasteiger charge is 2.21. The van der Waals surface area contributed by atoms with Crippen molar-refractivity contribution >= 4 is 12.0 Å². The lowest BCUT2D eigenvalue weighted by Crippen LogP contribution is -2.40. The van der Waals surface area contributed by atoms with Crippen molar-refractivity contribution in [1.29, 1.82) is 0 Å². The lowest BCUT2D eigenvalue weighted by molar-refractivity contribution is -0.139. The van der Waals surface area contributed by atoms with Gasteiger partial charge in [-0.05, 0) is 5.56 Å². The van der Waals surface area contributed by atoms with E-state index in [2.05, 4.69) is 25.3 Å². The van der Waals surface area contributed by atoms with E-state index in [9.17, 15) is 9.59 Å². The maximum Gasteiger partial charge on any atom is 0.330 e. The number of nitrogens with zero attached hydrogens (tertiary/aromatic N) is 2. The largest absolute Gasteiger partial charge is 0.479 e. The minimum Gasteiger partial charge on any atom is -0.479 e. The number of hydrogen-bond acceptors (Lipinski definition) is 5. The van der Waals surface area contributed by atoms with Crippen LogP contribution >= 0.6 is 0 Å². The van der Waals surface area contributed by atoms with Crippen LogP contribution in [0.1, 0.15) is 17.4 Å². The number of nitrogens with one attached hydrogen (secondary N) is 2. The van der Waals surface area contributed by atoms with Crippen LogP contribution in [0.3, 0.4) is 0 Å². The van der Waals surface area contributed by atoms with Gasteiger partial charge in [0.15, 0.2) is 11.9 Å². The molecule has 8 nitrogen and oxygen atoms in total. The van der Waals surface area contributed by atoms with Crippen LogP contribution in [-0.4, -0.2) is 27.2 Å². The molecule has 0 aliphatic carbocycles. The van der Waals surface area contributed by atoms with Gasteiger partial charge in [-0.25, -0.2) is 9.59 Å². The minimum absolute atomic E-state index is 0.0451. The standard InChI is InChI=1S/C12H12N4O4/c17-11(18)10(8-4-2-1-3-5-8)15-12(19)13-6-9-14-7-20-16-9/h1-5,7,10H,6H2,(H,17,18)(H2,13,15,19)/t10-/m1/s1. The molecule has 0 saturated carbocycles. The van der Waals surface area contributed by atoms with Crippen LogP contribution < -0.4 is 10.6 Å². The summed E-state index contributed by atoms with van der Waals surface area (Å²) in [4.78, 5) is 26.6. The van der Waals surface area contributed by atoms with Gasteiger partial charge < -0.3 is 20.3 Å². The molecule has 0 aliphatic rings. The van der Waals surface area contributed by atoms with Crippen LogP contribution in [0.5, 0.6) is 0 Å². The number of urea groups is 1. The molecule has 0 fully saturated rings. The molecule has 2 aromatic rings. The van der Waals surface area contributed by atoms with E-state index >= 15 is 0 Å². The molecule has 0 saturated heterocycles. The number of carbonyl (C=O) groups is 2. The number of aliphatic carboxylic acids is 1. The van der Waals surface area contributed by atoms with E-state index in [4.69, 9.17) is 5.11 Å². The molecule has 0 bridgehead atoms. The zero-order chi connectivity index (χ0) is 14.4. The Bertz CT molecular complexity index is 570. The molecule has 8 heteroatoms. The fourth-order valence-corrected chi connectivity index (χ4v) is 1.54. The molecule has 0 radical (unpaired) electrons. The number of carbonyl (C=O) groups excluding carboxylic acids is 1. The lowest BCUT2D eigenvalue weighted by atomic mass is 10.1.